The average Bonchev–Trinajstić information content (AvgIpc) is 3.15. The van der Waals surface area contributed by atoms with Gasteiger partial charge < -0.3 is 14.5 Å². The fourth-order valence-corrected chi connectivity index (χ4v) is 4.55. The molecule has 0 aliphatic carbocycles. The number of ether oxygens (including phenoxy) is 1. The lowest BCUT2D eigenvalue weighted by molar-refractivity contribution is 0.313. The molecule has 1 N–H and O–H groups in total. The van der Waals surface area contributed by atoms with Gasteiger partial charge in [-0.15, -0.1) is 0 Å². The van der Waals surface area contributed by atoms with E-state index in [-0.39, 0.29) is 6.54 Å². The highest BCUT2D eigenvalue weighted by Crippen LogP contribution is 2.27. The first-order chi connectivity index (χ1) is 13.0. The monoisotopic (exact) mass is 387 g/mol. The Balaban J connectivity index is 1.39. The Morgan fingerprint density at radius 3 is 2.52 bits per heavy atom. The molecule has 0 saturated carbocycles. The summed E-state index contributed by atoms with van der Waals surface area (Å²) < 4.78 is 33.3. The molecule has 0 aromatic heterocycles. The van der Waals surface area contributed by atoms with E-state index >= 15 is 0 Å². The number of nitrogens with zero attached hydrogens (tertiary/aromatic N) is 2. The van der Waals surface area contributed by atoms with Crippen LogP contribution >= 0.6 is 0 Å². The van der Waals surface area contributed by atoms with Crippen molar-refractivity contribution in [1.29, 1.82) is 0 Å². The summed E-state index contributed by atoms with van der Waals surface area (Å²) in [5, 5.41) is 0. The molecular weight excluding hydrogens is 362 g/mol. The molecule has 2 aromatic carbocycles. The quantitative estimate of drug-likeness (QED) is 0.848. The molecule has 0 unspecified atom stereocenters. The first-order valence-corrected chi connectivity index (χ1v) is 10.8. The van der Waals surface area contributed by atoms with Gasteiger partial charge in [-0.25, -0.2) is 13.1 Å². The minimum absolute atomic E-state index is 0.277. The van der Waals surface area contributed by atoms with Gasteiger partial charge in [-0.3, -0.25) is 0 Å². The van der Waals surface area contributed by atoms with Crippen molar-refractivity contribution in [2.24, 2.45) is 0 Å². The van der Waals surface area contributed by atoms with Gasteiger partial charge in [0.05, 0.1) is 11.5 Å². The van der Waals surface area contributed by atoms with Crippen LogP contribution in [0.1, 0.15) is 11.1 Å². The van der Waals surface area contributed by atoms with Crippen LogP contribution in [-0.2, 0) is 23.0 Å². The Hall–Kier alpha value is -2.09. The topological polar surface area (TPSA) is 61.9 Å². The summed E-state index contributed by atoms with van der Waals surface area (Å²) in [6.07, 6.45) is 0.756. The molecule has 0 bridgehead atoms. The van der Waals surface area contributed by atoms with Gasteiger partial charge in [0.25, 0.3) is 0 Å². The largest absolute Gasteiger partial charge is 0.493 e. The van der Waals surface area contributed by atoms with Gasteiger partial charge in [0, 0.05) is 44.8 Å². The van der Waals surface area contributed by atoms with E-state index in [2.05, 4.69) is 33.7 Å². The van der Waals surface area contributed by atoms with Crippen molar-refractivity contribution in [2.45, 2.75) is 17.9 Å². The van der Waals surface area contributed by atoms with Crippen molar-refractivity contribution < 1.29 is 13.2 Å². The molecule has 1 fully saturated rings. The number of hydrogen-bond donors (Lipinski definition) is 1. The summed E-state index contributed by atoms with van der Waals surface area (Å²) in [5.74, 6) is 0.786. The van der Waals surface area contributed by atoms with E-state index in [9.17, 15) is 8.42 Å². The zero-order valence-corrected chi connectivity index (χ0v) is 16.3. The lowest BCUT2D eigenvalue weighted by Gasteiger charge is -2.34. The summed E-state index contributed by atoms with van der Waals surface area (Å²) in [6.45, 7) is 5.06. The fraction of sp³-hybridized carbons (Fsp3) is 0.400. The van der Waals surface area contributed by atoms with Gasteiger partial charge in [-0.2, -0.15) is 0 Å². The highest BCUT2D eigenvalue weighted by atomic mass is 32.2. The summed E-state index contributed by atoms with van der Waals surface area (Å²) in [6, 6.07) is 13.2. The van der Waals surface area contributed by atoms with E-state index in [1.807, 2.05) is 12.1 Å². The second-order valence-corrected chi connectivity index (χ2v) is 8.92. The Labute approximate surface area is 160 Å². The van der Waals surface area contributed by atoms with Crippen LogP contribution in [0.3, 0.4) is 0 Å². The fourth-order valence-electron chi connectivity index (χ4n) is 3.48. The van der Waals surface area contributed by atoms with Crippen molar-refractivity contribution in [3.8, 4) is 5.75 Å². The van der Waals surface area contributed by atoms with E-state index in [1.165, 1.54) is 5.69 Å². The van der Waals surface area contributed by atoms with Crippen LogP contribution in [0.5, 0.6) is 5.75 Å². The van der Waals surface area contributed by atoms with Crippen molar-refractivity contribution in [2.75, 3.05) is 44.7 Å². The lowest BCUT2D eigenvalue weighted by atomic mass is 10.2. The maximum atomic E-state index is 12.6. The van der Waals surface area contributed by atoms with Crippen LogP contribution in [-0.4, -0.2) is 53.2 Å². The van der Waals surface area contributed by atoms with Crippen LogP contribution in [0.15, 0.2) is 47.4 Å². The number of fused-ring (bicyclic) bond motifs is 1. The average molecular weight is 388 g/mol. The molecule has 7 heteroatoms. The standard InChI is InChI=1S/C20H25N3O3S/c1-22-9-11-23(12-10-22)18-4-2-16(3-5-18)15-21-27(24,25)19-6-7-20-17(14-19)8-13-26-20/h2-7,14,21H,8-13,15H2,1H3. The number of piperazine rings is 1. The van der Waals surface area contributed by atoms with Crippen LogP contribution in [0.4, 0.5) is 5.69 Å². The summed E-state index contributed by atoms with van der Waals surface area (Å²) in [7, 11) is -1.40. The van der Waals surface area contributed by atoms with Crippen molar-refractivity contribution in [3.05, 3.63) is 53.6 Å². The third-order valence-corrected chi connectivity index (χ3v) is 6.64. The number of nitrogens with one attached hydrogen (secondary N) is 1. The van der Waals surface area contributed by atoms with Gasteiger partial charge in [0.1, 0.15) is 5.75 Å². The van der Waals surface area contributed by atoms with Crippen LogP contribution < -0.4 is 14.4 Å². The van der Waals surface area contributed by atoms with E-state index in [4.69, 9.17) is 4.74 Å². The van der Waals surface area contributed by atoms with Crippen LogP contribution in [0.25, 0.3) is 0 Å². The molecular formula is C20H25N3O3S. The molecule has 6 nitrogen and oxygen atoms in total. The third kappa shape index (κ3) is 4.10. The number of likely N-dealkylation sites (N-methyl/N-ethyl adjacent to an activating group) is 1. The van der Waals surface area contributed by atoms with Crippen LogP contribution in [0.2, 0.25) is 0 Å². The highest BCUT2D eigenvalue weighted by molar-refractivity contribution is 7.89. The molecule has 2 aliphatic rings. The maximum absolute atomic E-state index is 12.6. The summed E-state index contributed by atoms with van der Waals surface area (Å²) >= 11 is 0. The predicted octanol–water partition coefficient (Wildman–Crippen LogP) is 1.85. The lowest BCUT2D eigenvalue weighted by Crippen LogP contribution is -2.44. The van der Waals surface area contributed by atoms with Crippen molar-refractivity contribution in [1.82, 2.24) is 9.62 Å². The molecule has 27 heavy (non-hydrogen) atoms. The number of sulfonamides is 1. The predicted molar refractivity (Wildman–Crippen MR) is 106 cm³/mol. The van der Waals surface area contributed by atoms with E-state index < -0.39 is 10.0 Å². The van der Waals surface area contributed by atoms with Crippen LogP contribution in [0, 0.1) is 0 Å². The SMILES string of the molecule is CN1CCN(c2ccc(CNS(=O)(=O)c3ccc4c(c3)CCO4)cc2)CC1. The van der Waals surface area contributed by atoms with Gasteiger partial charge in [0.15, 0.2) is 0 Å². The molecule has 0 spiro atoms. The van der Waals surface area contributed by atoms with E-state index in [1.54, 1.807) is 18.2 Å². The minimum atomic E-state index is -3.54. The Bertz CT molecular complexity index is 905. The number of benzene rings is 2. The number of anilines is 1. The molecule has 1 saturated heterocycles. The van der Waals surface area contributed by atoms with E-state index in [0.717, 1.165) is 49.5 Å². The summed E-state index contributed by atoms with van der Waals surface area (Å²) in [4.78, 5) is 4.98. The smallest absolute Gasteiger partial charge is 0.240 e. The summed E-state index contributed by atoms with van der Waals surface area (Å²) in [5.41, 5.74) is 3.09. The molecule has 2 aliphatic heterocycles. The second kappa shape index (κ2) is 7.50. The maximum Gasteiger partial charge on any atom is 0.240 e. The second-order valence-electron chi connectivity index (χ2n) is 7.15. The van der Waals surface area contributed by atoms with Crippen molar-refractivity contribution >= 4 is 15.7 Å². The Morgan fingerprint density at radius 2 is 1.78 bits per heavy atom. The highest BCUT2D eigenvalue weighted by Gasteiger charge is 2.19. The molecule has 2 heterocycles. The first-order valence-electron chi connectivity index (χ1n) is 9.29. The normalized spacial score (nSPS) is 17.6. The van der Waals surface area contributed by atoms with E-state index in [0.29, 0.717) is 11.5 Å². The van der Waals surface area contributed by atoms with Gasteiger partial charge in [-0.05, 0) is 48.5 Å². The molecule has 0 radical (unpaired) electrons. The minimum Gasteiger partial charge on any atom is -0.493 e. The zero-order valence-electron chi connectivity index (χ0n) is 15.5. The molecule has 144 valence electrons. The Morgan fingerprint density at radius 1 is 1.04 bits per heavy atom. The molecule has 0 atom stereocenters. The Kier molecular flexibility index (Phi) is 5.08. The zero-order chi connectivity index (χ0) is 18.9. The third-order valence-electron chi connectivity index (χ3n) is 5.24. The molecule has 2 aromatic rings. The number of hydrogen-bond acceptors (Lipinski definition) is 5. The van der Waals surface area contributed by atoms with Gasteiger partial charge in [-0.1, -0.05) is 12.1 Å². The number of rotatable bonds is 5. The molecule has 0 amide bonds. The van der Waals surface area contributed by atoms with Gasteiger partial charge >= 0.3 is 0 Å². The van der Waals surface area contributed by atoms with Gasteiger partial charge in [0.2, 0.25) is 10.0 Å². The molecule has 4 rings (SSSR count). The van der Waals surface area contributed by atoms with Crippen molar-refractivity contribution in [3.63, 3.8) is 0 Å². The first kappa shape index (κ1) is 18.3.